The Morgan fingerprint density at radius 1 is 1.10 bits per heavy atom. The fourth-order valence-corrected chi connectivity index (χ4v) is 5.60. The first-order valence-corrected chi connectivity index (χ1v) is 12.1. The van der Waals surface area contributed by atoms with E-state index in [9.17, 15) is 13.2 Å². The lowest BCUT2D eigenvalue weighted by Gasteiger charge is -2.33. The standard InChI is InChI=1S/C22H26ClN3O3S/c23-19-6-3-7-21(14-19)30(28,29)24-11-8-22(27)26-13-10-20(16-26)25-12-9-17-4-1-2-5-18(17)15-25/h1-7,14,20,24H,8-13,15-16H2. The van der Waals surface area contributed by atoms with Crippen molar-refractivity contribution in [2.75, 3.05) is 26.2 Å². The molecule has 0 bridgehead atoms. The summed E-state index contributed by atoms with van der Waals surface area (Å²) in [5.74, 6) is -0.0105. The minimum atomic E-state index is -3.67. The van der Waals surface area contributed by atoms with Crippen molar-refractivity contribution >= 4 is 27.5 Å². The van der Waals surface area contributed by atoms with Crippen molar-refractivity contribution in [2.24, 2.45) is 0 Å². The van der Waals surface area contributed by atoms with Gasteiger partial charge in [-0.05, 0) is 42.2 Å². The Hall–Kier alpha value is -1.93. The predicted octanol–water partition coefficient (Wildman–Crippen LogP) is 2.67. The fraction of sp³-hybridized carbons (Fsp3) is 0.409. The summed E-state index contributed by atoms with van der Waals surface area (Å²) >= 11 is 5.87. The van der Waals surface area contributed by atoms with Crippen molar-refractivity contribution in [1.82, 2.24) is 14.5 Å². The number of carbonyl (C=O) groups is 1. The molecule has 0 aromatic heterocycles. The number of sulfonamides is 1. The topological polar surface area (TPSA) is 69.7 Å². The number of amides is 1. The van der Waals surface area contributed by atoms with Crippen LogP contribution in [-0.2, 0) is 27.8 Å². The number of hydrogen-bond donors (Lipinski definition) is 1. The van der Waals surface area contributed by atoms with Gasteiger partial charge < -0.3 is 4.90 Å². The first-order chi connectivity index (χ1) is 14.4. The zero-order valence-corrected chi connectivity index (χ0v) is 18.3. The molecule has 8 heteroatoms. The average molecular weight is 448 g/mol. The van der Waals surface area contributed by atoms with Crippen LogP contribution in [0.4, 0.5) is 0 Å². The third kappa shape index (κ3) is 4.86. The van der Waals surface area contributed by atoms with Crippen LogP contribution < -0.4 is 4.72 Å². The number of nitrogens with zero attached hydrogens (tertiary/aromatic N) is 2. The van der Waals surface area contributed by atoms with Crippen LogP contribution in [0.25, 0.3) is 0 Å². The Kier molecular flexibility index (Phi) is 6.43. The van der Waals surface area contributed by atoms with E-state index in [2.05, 4.69) is 33.9 Å². The molecule has 1 N–H and O–H groups in total. The van der Waals surface area contributed by atoms with E-state index in [0.717, 1.165) is 32.5 Å². The number of likely N-dealkylation sites (tertiary alicyclic amines) is 1. The van der Waals surface area contributed by atoms with Gasteiger partial charge in [-0.2, -0.15) is 0 Å². The maximum absolute atomic E-state index is 12.6. The van der Waals surface area contributed by atoms with Crippen molar-refractivity contribution in [2.45, 2.75) is 36.7 Å². The second kappa shape index (κ2) is 9.06. The number of rotatable bonds is 6. The molecule has 2 aromatic carbocycles. The first-order valence-electron chi connectivity index (χ1n) is 10.3. The zero-order chi connectivity index (χ0) is 21.1. The molecular weight excluding hydrogens is 422 g/mol. The van der Waals surface area contributed by atoms with Gasteiger partial charge >= 0.3 is 0 Å². The van der Waals surface area contributed by atoms with Gasteiger partial charge in [0.1, 0.15) is 0 Å². The van der Waals surface area contributed by atoms with Gasteiger partial charge in [-0.3, -0.25) is 9.69 Å². The molecule has 1 fully saturated rings. The SMILES string of the molecule is O=C(CCNS(=O)(=O)c1cccc(Cl)c1)N1CCC(N2CCc3ccccc3C2)C1. The molecule has 4 rings (SSSR count). The maximum atomic E-state index is 12.6. The highest BCUT2D eigenvalue weighted by Gasteiger charge is 2.31. The van der Waals surface area contributed by atoms with E-state index in [-0.39, 0.29) is 23.8 Å². The molecule has 1 unspecified atom stereocenters. The molecule has 2 aliphatic heterocycles. The van der Waals surface area contributed by atoms with Gasteiger partial charge in [0.2, 0.25) is 15.9 Å². The van der Waals surface area contributed by atoms with Crippen molar-refractivity contribution in [3.8, 4) is 0 Å². The summed E-state index contributed by atoms with van der Waals surface area (Å²) in [6, 6.07) is 15.0. The second-order valence-electron chi connectivity index (χ2n) is 7.88. The molecule has 30 heavy (non-hydrogen) atoms. The molecule has 1 saturated heterocycles. The van der Waals surface area contributed by atoms with Crippen LogP contribution in [-0.4, -0.2) is 56.3 Å². The van der Waals surface area contributed by atoms with Crippen LogP contribution in [0.5, 0.6) is 0 Å². The van der Waals surface area contributed by atoms with Gasteiger partial charge in [0.05, 0.1) is 4.90 Å². The second-order valence-corrected chi connectivity index (χ2v) is 10.1. The molecule has 0 spiro atoms. The number of hydrogen-bond acceptors (Lipinski definition) is 4. The van der Waals surface area contributed by atoms with Crippen LogP contribution in [0.3, 0.4) is 0 Å². The van der Waals surface area contributed by atoms with Gasteiger partial charge in [0, 0.05) is 50.2 Å². The van der Waals surface area contributed by atoms with E-state index in [1.165, 1.54) is 23.3 Å². The average Bonchev–Trinajstić information content (AvgIpc) is 3.24. The van der Waals surface area contributed by atoms with Crippen LogP contribution in [0.1, 0.15) is 24.0 Å². The lowest BCUT2D eigenvalue weighted by molar-refractivity contribution is -0.130. The summed E-state index contributed by atoms with van der Waals surface area (Å²) in [5.41, 5.74) is 2.80. The lowest BCUT2D eigenvalue weighted by atomic mass is 9.98. The number of nitrogens with one attached hydrogen (secondary N) is 1. The third-order valence-electron chi connectivity index (χ3n) is 5.93. The van der Waals surface area contributed by atoms with E-state index >= 15 is 0 Å². The monoisotopic (exact) mass is 447 g/mol. The van der Waals surface area contributed by atoms with E-state index in [1.807, 2.05) is 4.90 Å². The smallest absolute Gasteiger partial charge is 0.240 e. The fourth-order valence-electron chi connectivity index (χ4n) is 4.26. The predicted molar refractivity (Wildman–Crippen MR) is 117 cm³/mol. The van der Waals surface area contributed by atoms with Crippen LogP contribution in [0, 0.1) is 0 Å². The van der Waals surface area contributed by atoms with E-state index < -0.39 is 10.0 Å². The quantitative estimate of drug-likeness (QED) is 0.739. The molecule has 2 heterocycles. The molecule has 6 nitrogen and oxygen atoms in total. The Labute approximate surface area is 182 Å². The molecule has 2 aromatic rings. The first kappa shape index (κ1) is 21.3. The van der Waals surface area contributed by atoms with Gasteiger partial charge in [-0.1, -0.05) is 41.9 Å². The van der Waals surface area contributed by atoms with Crippen molar-refractivity contribution in [3.05, 3.63) is 64.7 Å². The normalized spacial score (nSPS) is 19.6. The van der Waals surface area contributed by atoms with E-state index in [4.69, 9.17) is 11.6 Å². The largest absolute Gasteiger partial charge is 0.341 e. The Morgan fingerprint density at radius 2 is 1.90 bits per heavy atom. The molecule has 0 aliphatic carbocycles. The van der Waals surface area contributed by atoms with Crippen molar-refractivity contribution < 1.29 is 13.2 Å². The minimum absolute atomic E-state index is 0.0105. The number of fused-ring (bicyclic) bond motifs is 1. The Balaban J connectivity index is 1.26. The molecule has 0 radical (unpaired) electrons. The molecular formula is C22H26ClN3O3S. The molecule has 160 valence electrons. The zero-order valence-electron chi connectivity index (χ0n) is 16.8. The number of halogens is 1. The number of benzene rings is 2. The molecule has 1 atom stereocenters. The van der Waals surface area contributed by atoms with Crippen LogP contribution >= 0.6 is 11.6 Å². The molecule has 0 saturated carbocycles. The highest BCUT2D eigenvalue weighted by atomic mass is 35.5. The lowest BCUT2D eigenvalue weighted by Crippen LogP contribution is -2.42. The molecule has 1 amide bonds. The van der Waals surface area contributed by atoms with Crippen molar-refractivity contribution in [1.29, 1.82) is 0 Å². The summed E-state index contributed by atoms with van der Waals surface area (Å²) in [5, 5.41) is 0.359. The maximum Gasteiger partial charge on any atom is 0.240 e. The molecule has 2 aliphatic rings. The van der Waals surface area contributed by atoms with Crippen molar-refractivity contribution in [3.63, 3.8) is 0 Å². The van der Waals surface area contributed by atoms with Gasteiger partial charge in [-0.15, -0.1) is 0 Å². The van der Waals surface area contributed by atoms with E-state index in [1.54, 1.807) is 12.1 Å². The van der Waals surface area contributed by atoms with Gasteiger partial charge in [0.15, 0.2) is 0 Å². The van der Waals surface area contributed by atoms with Gasteiger partial charge in [-0.25, -0.2) is 13.1 Å². The van der Waals surface area contributed by atoms with E-state index in [0.29, 0.717) is 17.6 Å². The summed E-state index contributed by atoms with van der Waals surface area (Å²) in [7, 11) is -3.67. The Morgan fingerprint density at radius 3 is 2.70 bits per heavy atom. The summed E-state index contributed by atoms with van der Waals surface area (Å²) in [6.07, 6.45) is 2.16. The summed E-state index contributed by atoms with van der Waals surface area (Å²) < 4.78 is 27.2. The third-order valence-corrected chi connectivity index (χ3v) is 7.62. The Bertz CT molecular complexity index is 1030. The highest BCUT2D eigenvalue weighted by molar-refractivity contribution is 7.89. The number of carbonyl (C=O) groups excluding carboxylic acids is 1. The minimum Gasteiger partial charge on any atom is -0.341 e. The van der Waals surface area contributed by atoms with Crippen LogP contribution in [0.2, 0.25) is 5.02 Å². The summed E-state index contributed by atoms with van der Waals surface area (Å²) in [6.45, 7) is 3.46. The highest BCUT2D eigenvalue weighted by Crippen LogP contribution is 2.24. The summed E-state index contributed by atoms with van der Waals surface area (Å²) in [4.78, 5) is 17.0. The van der Waals surface area contributed by atoms with Crippen LogP contribution in [0.15, 0.2) is 53.4 Å². The van der Waals surface area contributed by atoms with Gasteiger partial charge in [0.25, 0.3) is 0 Å².